The highest BCUT2D eigenvalue weighted by atomic mass is 32.2. The molecule has 0 aromatic heterocycles. The van der Waals surface area contributed by atoms with Crippen molar-refractivity contribution in [2.24, 2.45) is 0 Å². The molecule has 2 amide bonds. The van der Waals surface area contributed by atoms with Gasteiger partial charge in [0.25, 0.3) is 0 Å². The molecule has 21 heavy (non-hydrogen) atoms. The van der Waals surface area contributed by atoms with Crippen LogP contribution in [0, 0.1) is 0 Å². The fraction of sp³-hybridized carbons (Fsp3) is 0.857. The van der Waals surface area contributed by atoms with Gasteiger partial charge in [0.15, 0.2) is 0 Å². The number of carboxylic acid groups (broad SMARTS) is 1. The first kappa shape index (κ1) is 16.4. The number of carboxylic acids is 1. The normalized spacial score (nSPS) is 27.0. The first-order chi connectivity index (χ1) is 9.99. The molecule has 2 aliphatic rings. The smallest absolute Gasteiger partial charge is 0.320 e. The van der Waals surface area contributed by atoms with E-state index in [9.17, 15) is 9.59 Å². The lowest BCUT2D eigenvalue weighted by molar-refractivity contribution is -0.138. The molecule has 7 heteroatoms. The van der Waals surface area contributed by atoms with Crippen molar-refractivity contribution in [2.75, 3.05) is 45.2 Å². The number of likely N-dealkylation sites (N-methyl/N-ethyl adjacent to an activating group) is 1. The Kier molecular flexibility index (Phi) is 5.75. The summed E-state index contributed by atoms with van der Waals surface area (Å²) in [5, 5.41) is 9.02. The van der Waals surface area contributed by atoms with Crippen LogP contribution in [0.15, 0.2) is 0 Å². The molecule has 2 unspecified atom stereocenters. The van der Waals surface area contributed by atoms with E-state index >= 15 is 0 Å². The molecule has 2 fully saturated rings. The van der Waals surface area contributed by atoms with Gasteiger partial charge >= 0.3 is 12.0 Å². The van der Waals surface area contributed by atoms with Gasteiger partial charge in [0.05, 0.1) is 12.5 Å². The number of likely N-dealkylation sites (tertiary alicyclic amines) is 1. The second-order valence-electron chi connectivity index (χ2n) is 6.01. The molecule has 1 N–H and O–H groups in total. The Hall–Kier alpha value is -0.950. The number of thioether (sulfide) groups is 1. The summed E-state index contributed by atoms with van der Waals surface area (Å²) >= 11 is 1.73. The number of carbonyl (C=O) groups is 2. The topological polar surface area (TPSA) is 64.1 Å². The Morgan fingerprint density at radius 3 is 2.76 bits per heavy atom. The van der Waals surface area contributed by atoms with Crippen LogP contribution in [-0.4, -0.2) is 89.1 Å². The van der Waals surface area contributed by atoms with E-state index in [0.717, 1.165) is 37.4 Å². The minimum absolute atomic E-state index is 0.0214. The molecule has 0 spiro atoms. The van der Waals surface area contributed by atoms with Crippen LogP contribution < -0.4 is 0 Å². The third kappa shape index (κ3) is 4.26. The van der Waals surface area contributed by atoms with Crippen LogP contribution in [0.25, 0.3) is 0 Å². The van der Waals surface area contributed by atoms with Crippen molar-refractivity contribution in [3.63, 3.8) is 0 Å². The minimum atomic E-state index is -0.829. The monoisotopic (exact) mass is 315 g/mol. The van der Waals surface area contributed by atoms with Crippen molar-refractivity contribution in [3.8, 4) is 0 Å². The van der Waals surface area contributed by atoms with E-state index < -0.39 is 5.97 Å². The van der Waals surface area contributed by atoms with Crippen molar-refractivity contribution in [1.29, 1.82) is 0 Å². The highest BCUT2D eigenvalue weighted by molar-refractivity contribution is 7.99. The molecule has 0 saturated carbocycles. The molecule has 0 aromatic rings. The number of piperidine rings is 1. The number of amides is 2. The van der Waals surface area contributed by atoms with Crippen LogP contribution in [0.4, 0.5) is 4.79 Å². The summed E-state index contributed by atoms with van der Waals surface area (Å²) in [7, 11) is 4.09. The molecule has 2 aliphatic heterocycles. The van der Waals surface area contributed by atoms with E-state index in [1.807, 2.05) is 19.0 Å². The maximum absolute atomic E-state index is 12.7. The lowest BCUT2D eigenvalue weighted by Gasteiger charge is -2.42. The van der Waals surface area contributed by atoms with Gasteiger partial charge in [-0.25, -0.2) is 4.79 Å². The number of rotatable bonds is 3. The van der Waals surface area contributed by atoms with Crippen molar-refractivity contribution < 1.29 is 14.7 Å². The summed E-state index contributed by atoms with van der Waals surface area (Å²) < 4.78 is 0. The van der Waals surface area contributed by atoms with E-state index in [0.29, 0.717) is 12.6 Å². The maximum atomic E-state index is 12.7. The van der Waals surface area contributed by atoms with Gasteiger partial charge in [-0.1, -0.05) is 0 Å². The first-order valence-electron chi connectivity index (χ1n) is 7.50. The lowest BCUT2D eigenvalue weighted by atomic mass is 10.1. The Bertz CT molecular complexity index is 392. The fourth-order valence-corrected chi connectivity index (χ4v) is 4.07. The summed E-state index contributed by atoms with van der Waals surface area (Å²) in [6.45, 7) is 2.19. The van der Waals surface area contributed by atoms with Gasteiger partial charge < -0.3 is 19.8 Å². The van der Waals surface area contributed by atoms with Crippen molar-refractivity contribution in [2.45, 2.75) is 31.3 Å². The summed E-state index contributed by atoms with van der Waals surface area (Å²) in [5.74, 6) is 0.792. The fourth-order valence-electron chi connectivity index (χ4n) is 3.01. The zero-order valence-corrected chi connectivity index (χ0v) is 13.6. The van der Waals surface area contributed by atoms with Gasteiger partial charge in [0, 0.05) is 37.2 Å². The second kappa shape index (κ2) is 7.35. The van der Waals surface area contributed by atoms with Gasteiger partial charge in [-0.05, 0) is 26.9 Å². The quantitative estimate of drug-likeness (QED) is 0.842. The number of nitrogens with zero attached hydrogens (tertiary/aromatic N) is 3. The Morgan fingerprint density at radius 1 is 1.33 bits per heavy atom. The molecule has 0 aliphatic carbocycles. The van der Waals surface area contributed by atoms with E-state index in [2.05, 4.69) is 4.90 Å². The molecular formula is C14H25N3O3S. The molecule has 2 rings (SSSR count). The summed E-state index contributed by atoms with van der Waals surface area (Å²) in [6, 6.07) is 0.251. The van der Waals surface area contributed by atoms with Crippen molar-refractivity contribution in [1.82, 2.24) is 14.7 Å². The Balaban J connectivity index is 2.00. The molecule has 0 bridgehead atoms. The molecule has 6 nitrogen and oxygen atoms in total. The van der Waals surface area contributed by atoms with Crippen molar-refractivity contribution >= 4 is 23.8 Å². The standard InChI is InChI=1S/C14H25N3O3S/c1-15(2)11-4-3-5-16(9-11)14(20)17-6-7-21-10-12(17)8-13(18)19/h11-12H,3-10H2,1-2H3,(H,18,19). The number of hydrogen-bond donors (Lipinski definition) is 1. The van der Waals surface area contributed by atoms with Crippen LogP contribution in [0.3, 0.4) is 0 Å². The number of hydrogen-bond acceptors (Lipinski definition) is 4. The zero-order chi connectivity index (χ0) is 15.4. The molecular weight excluding hydrogens is 290 g/mol. The molecule has 2 atom stereocenters. The van der Waals surface area contributed by atoms with Gasteiger partial charge in [-0.2, -0.15) is 11.8 Å². The van der Waals surface area contributed by atoms with Crippen LogP contribution in [0.5, 0.6) is 0 Å². The SMILES string of the molecule is CN(C)C1CCCN(C(=O)N2CCSCC2CC(=O)O)C1. The average molecular weight is 315 g/mol. The van der Waals surface area contributed by atoms with Crippen LogP contribution in [-0.2, 0) is 4.79 Å². The predicted octanol–water partition coefficient (Wildman–Crippen LogP) is 1.02. The summed E-state index contributed by atoms with van der Waals surface area (Å²) in [5.41, 5.74) is 0. The third-order valence-corrected chi connectivity index (χ3v) is 5.37. The highest BCUT2D eigenvalue weighted by Crippen LogP contribution is 2.22. The van der Waals surface area contributed by atoms with Gasteiger partial charge in [-0.15, -0.1) is 0 Å². The first-order valence-corrected chi connectivity index (χ1v) is 8.66. The van der Waals surface area contributed by atoms with E-state index in [1.54, 1.807) is 16.7 Å². The predicted molar refractivity (Wildman–Crippen MR) is 83.7 cm³/mol. The van der Waals surface area contributed by atoms with Gasteiger partial charge in [0.1, 0.15) is 0 Å². The highest BCUT2D eigenvalue weighted by Gasteiger charge is 2.34. The molecule has 2 heterocycles. The Morgan fingerprint density at radius 2 is 2.10 bits per heavy atom. The molecule has 120 valence electrons. The van der Waals surface area contributed by atoms with Crippen LogP contribution >= 0.6 is 11.8 Å². The van der Waals surface area contributed by atoms with Crippen LogP contribution in [0.1, 0.15) is 19.3 Å². The maximum Gasteiger partial charge on any atom is 0.320 e. The number of urea groups is 1. The van der Waals surface area contributed by atoms with E-state index in [-0.39, 0.29) is 18.5 Å². The third-order valence-electron chi connectivity index (χ3n) is 4.28. The average Bonchev–Trinajstić information content (AvgIpc) is 2.46. The number of carbonyl (C=O) groups excluding carboxylic acids is 1. The summed E-state index contributed by atoms with van der Waals surface area (Å²) in [6.07, 6.45) is 2.18. The zero-order valence-electron chi connectivity index (χ0n) is 12.8. The largest absolute Gasteiger partial charge is 0.481 e. The minimum Gasteiger partial charge on any atom is -0.481 e. The molecule has 2 saturated heterocycles. The Labute approximate surface area is 130 Å². The van der Waals surface area contributed by atoms with Gasteiger partial charge in [-0.3, -0.25) is 4.79 Å². The lowest BCUT2D eigenvalue weighted by Crippen LogP contribution is -2.56. The van der Waals surface area contributed by atoms with E-state index in [1.165, 1.54) is 0 Å². The van der Waals surface area contributed by atoms with Crippen molar-refractivity contribution in [3.05, 3.63) is 0 Å². The second-order valence-corrected chi connectivity index (χ2v) is 7.16. The van der Waals surface area contributed by atoms with Gasteiger partial charge in [0.2, 0.25) is 0 Å². The number of aliphatic carboxylic acids is 1. The van der Waals surface area contributed by atoms with Crippen LogP contribution in [0.2, 0.25) is 0 Å². The molecule has 0 aromatic carbocycles. The van der Waals surface area contributed by atoms with E-state index in [4.69, 9.17) is 5.11 Å². The summed E-state index contributed by atoms with van der Waals surface area (Å²) in [4.78, 5) is 29.6. The molecule has 0 radical (unpaired) electrons.